The lowest BCUT2D eigenvalue weighted by Crippen LogP contribution is -2.44. The molecule has 4 aromatic rings. The van der Waals surface area contributed by atoms with Crippen molar-refractivity contribution >= 4 is 52.1 Å². The van der Waals surface area contributed by atoms with Crippen LogP contribution in [-0.2, 0) is 9.47 Å². The first-order valence-corrected chi connectivity index (χ1v) is 13.2. The maximum atomic E-state index is 14.8. The first-order valence-electron chi connectivity index (χ1n) is 12.8. The van der Waals surface area contributed by atoms with Crippen LogP contribution in [-0.4, -0.2) is 48.1 Å². The molecule has 0 atom stereocenters. The van der Waals surface area contributed by atoms with Gasteiger partial charge in [0.15, 0.2) is 11.6 Å². The van der Waals surface area contributed by atoms with Crippen molar-refractivity contribution in [1.29, 1.82) is 5.26 Å². The Morgan fingerprint density at radius 3 is 2.26 bits per heavy atom. The summed E-state index contributed by atoms with van der Waals surface area (Å²) >= 11 is 6.21. The number of hydrogen-bond donors (Lipinski definition) is 1. The van der Waals surface area contributed by atoms with Crippen LogP contribution < -0.4 is 10.2 Å². The van der Waals surface area contributed by atoms with Gasteiger partial charge in [0.1, 0.15) is 51.8 Å². The zero-order valence-electron chi connectivity index (χ0n) is 24.3. The quantitative estimate of drug-likeness (QED) is 0.262. The number of aromatic nitrogens is 5. The third-order valence-electron chi connectivity index (χ3n) is 5.33. The van der Waals surface area contributed by atoms with E-state index >= 15 is 0 Å². The van der Waals surface area contributed by atoms with Crippen LogP contribution in [0.25, 0.3) is 16.6 Å². The highest BCUT2D eigenvalue weighted by Gasteiger charge is 2.34. The second kappa shape index (κ2) is 11.4. The van der Waals surface area contributed by atoms with Crippen LogP contribution in [0.15, 0.2) is 30.6 Å². The molecule has 3 heterocycles. The molecule has 0 spiro atoms. The molecule has 2 amide bonds. The highest BCUT2D eigenvalue weighted by atomic mass is 35.5. The molecule has 0 bridgehead atoms. The Morgan fingerprint density at radius 2 is 1.67 bits per heavy atom. The van der Waals surface area contributed by atoms with Crippen LogP contribution >= 0.6 is 11.6 Å². The number of amides is 2. The average Bonchev–Trinajstić information content (AvgIpc) is 3.29. The number of fused-ring (bicyclic) bond motifs is 1. The van der Waals surface area contributed by atoms with Gasteiger partial charge in [-0.15, -0.1) is 0 Å². The van der Waals surface area contributed by atoms with E-state index in [1.165, 1.54) is 19.2 Å². The van der Waals surface area contributed by atoms with Crippen LogP contribution in [0.5, 0.6) is 0 Å². The molecule has 0 unspecified atom stereocenters. The molecule has 3 aromatic heterocycles. The van der Waals surface area contributed by atoms with Gasteiger partial charge in [0, 0.05) is 12.3 Å². The molecule has 12 nitrogen and oxygen atoms in total. The molecule has 0 saturated heterocycles. The first kappa shape index (κ1) is 31.0. The Bertz CT molecular complexity index is 1760. The largest absolute Gasteiger partial charge is 0.443 e. The third kappa shape index (κ3) is 7.12. The van der Waals surface area contributed by atoms with Crippen molar-refractivity contribution in [2.24, 2.45) is 0 Å². The van der Waals surface area contributed by atoms with Crippen LogP contribution in [0.2, 0.25) is 5.02 Å². The minimum Gasteiger partial charge on any atom is -0.443 e. The number of nitrogens with zero attached hydrogens (tertiary/aromatic N) is 7. The summed E-state index contributed by atoms with van der Waals surface area (Å²) in [7, 11) is 0. The highest BCUT2D eigenvalue weighted by molar-refractivity contribution is 6.32. The van der Waals surface area contributed by atoms with Gasteiger partial charge in [0.05, 0.1) is 22.2 Å². The van der Waals surface area contributed by atoms with Crippen LogP contribution in [0, 0.1) is 29.9 Å². The van der Waals surface area contributed by atoms with Crippen molar-refractivity contribution in [3.63, 3.8) is 0 Å². The number of carbonyl (C=O) groups is 2. The standard InChI is InChI=1S/C28H27ClF2N8O4/c1-14-34-20(10-21(35-14)39(25(40)42-27(2,3)4)26(41)43-28(5,6)7)36-24-17-13-38(37-22(17)19(31)12-33-24)23-15(11-32)8-16(30)9-18(23)29/h8-10,12-13H,1-7H3,(H,33,34,35,36). The minimum atomic E-state index is -1.03. The predicted molar refractivity (Wildman–Crippen MR) is 154 cm³/mol. The zero-order chi connectivity index (χ0) is 31.9. The van der Waals surface area contributed by atoms with Gasteiger partial charge in [-0.3, -0.25) is 0 Å². The molecule has 0 aliphatic carbocycles. The fourth-order valence-electron chi connectivity index (χ4n) is 3.80. The lowest BCUT2D eigenvalue weighted by Gasteiger charge is -2.28. The lowest BCUT2D eigenvalue weighted by atomic mass is 10.2. The number of anilines is 3. The molecule has 0 fully saturated rings. The Labute approximate surface area is 250 Å². The molecule has 43 heavy (non-hydrogen) atoms. The Balaban J connectivity index is 1.79. The number of carbonyl (C=O) groups excluding carboxylic acids is 2. The van der Waals surface area contributed by atoms with E-state index in [2.05, 4.69) is 25.4 Å². The maximum Gasteiger partial charge on any atom is 0.425 e. The van der Waals surface area contributed by atoms with Crippen molar-refractivity contribution in [3.8, 4) is 11.8 Å². The molecule has 224 valence electrons. The first-order chi connectivity index (χ1) is 20.0. The number of imide groups is 1. The Hall–Kier alpha value is -4.90. The van der Waals surface area contributed by atoms with Gasteiger partial charge in [0.25, 0.3) is 0 Å². The molecule has 0 aliphatic rings. The van der Waals surface area contributed by atoms with Gasteiger partial charge in [-0.1, -0.05) is 11.6 Å². The summed E-state index contributed by atoms with van der Waals surface area (Å²) < 4.78 is 40.6. The fraction of sp³-hybridized carbons (Fsp3) is 0.321. The monoisotopic (exact) mass is 612 g/mol. The SMILES string of the molecule is Cc1nc(Nc2ncc(F)c3nn(-c4c(Cl)cc(F)cc4C#N)cc23)cc(N(C(=O)OC(C)(C)C)C(=O)OC(C)(C)C)n1. The molecule has 0 aliphatic heterocycles. The van der Waals surface area contributed by atoms with Crippen molar-refractivity contribution in [3.05, 3.63) is 58.6 Å². The van der Waals surface area contributed by atoms with Gasteiger partial charge in [0.2, 0.25) is 0 Å². The van der Waals surface area contributed by atoms with Gasteiger partial charge in [-0.05, 0) is 60.6 Å². The zero-order valence-corrected chi connectivity index (χ0v) is 25.0. The summed E-state index contributed by atoms with van der Waals surface area (Å²) in [6.45, 7) is 11.4. The number of nitrogens with one attached hydrogen (secondary N) is 1. The predicted octanol–water partition coefficient (Wildman–Crippen LogP) is 6.74. The summed E-state index contributed by atoms with van der Waals surface area (Å²) in [5.41, 5.74) is -2.11. The van der Waals surface area contributed by atoms with E-state index in [0.717, 1.165) is 23.0 Å². The summed E-state index contributed by atoms with van der Waals surface area (Å²) in [4.78, 5) is 39.5. The van der Waals surface area contributed by atoms with Crippen LogP contribution in [0.1, 0.15) is 52.9 Å². The number of ether oxygens (including phenoxy) is 2. The number of rotatable bonds is 4. The van der Waals surface area contributed by atoms with Crippen molar-refractivity contribution in [1.82, 2.24) is 24.7 Å². The van der Waals surface area contributed by atoms with E-state index in [0.29, 0.717) is 4.90 Å². The maximum absolute atomic E-state index is 14.8. The Kier molecular flexibility index (Phi) is 8.24. The molecular formula is C28H27ClF2N8O4. The van der Waals surface area contributed by atoms with Crippen molar-refractivity contribution in [2.75, 3.05) is 10.2 Å². The van der Waals surface area contributed by atoms with Gasteiger partial charge >= 0.3 is 12.2 Å². The third-order valence-corrected chi connectivity index (χ3v) is 5.62. The number of nitriles is 1. The summed E-state index contributed by atoms with van der Waals surface area (Å²) in [6.07, 6.45) is 0.219. The fourth-order valence-corrected chi connectivity index (χ4v) is 4.09. The highest BCUT2D eigenvalue weighted by Crippen LogP contribution is 2.31. The summed E-state index contributed by atoms with van der Waals surface area (Å²) in [6, 6.07) is 5.12. The van der Waals surface area contributed by atoms with Crippen molar-refractivity contribution in [2.45, 2.75) is 59.7 Å². The second-order valence-corrected chi connectivity index (χ2v) is 11.7. The van der Waals surface area contributed by atoms with E-state index < -0.39 is 35.0 Å². The van der Waals surface area contributed by atoms with E-state index in [1.807, 2.05) is 6.07 Å². The minimum absolute atomic E-state index is 0.0395. The van der Waals surface area contributed by atoms with E-state index in [1.54, 1.807) is 41.5 Å². The number of benzene rings is 1. The number of hydrogen-bond acceptors (Lipinski definition) is 10. The topological polar surface area (TPSA) is 148 Å². The van der Waals surface area contributed by atoms with Gasteiger partial charge in [-0.25, -0.2) is 38.0 Å². The average molecular weight is 613 g/mol. The second-order valence-electron chi connectivity index (χ2n) is 11.3. The van der Waals surface area contributed by atoms with E-state index in [4.69, 9.17) is 21.1 Å². The van der Waals surface area contributed by atoms with E-state index in [-0.39, 0.29) is 50.5 Å². The lowest BCUT2D eigenvalue weighted by molar-refractivity contribution is 0.0429. The Morgan fingerprint density at radius 1 is 1.05 bits per heavy atom. The molecular weight excluding hydrogens is 586 g/mol. The number of pyridine rings is 1. The molecule has 0 saturated carbocycles. The summed E-state index contributed by atoms with van der Waals surface area (Å²) in [5, 5.41) is 16.7. The number of halogens is 3. The van der Waals surface area contributed by atoms with Crippen LogP contribution in [0.4, 0.5) is 35.8 Å². The molecule has 15 heteroatoms. The van der Waals surface area contributed by atoms with Crippen LogP contribution in [0.3, 0.4) is 0 Å². The summed E-state index contributed by atoms with van der Waals surface area (Å²) in [5.74, 6) is -1.36. The molecule has 1 aromatic carbocycles. The van der Waals surface area contributed by atoms with Gasteiger partial charge < -0.3 is 14.8 Å². The number of aryl methyl sites for hydroxylation is 1. The van der Waals surface area contributed by atoms with Gasteiger partial charge in [-0.2, -0.15) is 15.3 Å². The normalized spacial score (nSPS) is 11.7. The molecule has 1 N–H and O–H groups in total. The molecule has 4 rings (SSSR count). The van der Waals surface area contributed by atoms with E-state index in [9.17, 15) is 23.6 Å². The smallest absolute Gasteiger partial charge is 0.425 e. The van der Waals surface area contributed by atoms with Crippen molar-refractivity contribution < 1.29 is 27.8 Å². The molecule has 0 radical (unpaired) electrons.